The molecule has 0 heterocycles. The van der Waals surface area contributed by atoms with Crippen molar-refractivity contribution < 1.29 is 23.5 Å². The normalized spacial score (nSPS) is 10.0. The molecular weight excluding hydrogens is 232 g/mol. The zero-order valence-electron chi connectivity index (χ0n) is 8.48. The number of nitrogens with zero attached hydrogens (tertiary/aromatic N) is 1. The Morgan fingerprint density at radius 3 is 2.59 bits per heavy atom. The first kappa shape index (κ1) is 12.8. The number of halogens is 2. The van der Waals surface area contributed by atoms with Gasteiger partial charge in [0, 0.05) is 11.1 Å². The van der Waals surface area contributed by atoms with Crippen LogP contribution in [-0.2, 0) is 11.2 Å². The molecule has 88 valence electrons. The molecular formula is C11H7F2NO3. The monoisotopic (exact) mass is 239 g/mol. The van der Waals surface area contributed by atoms with Crippen LogP contribution in [0, 0.1) is 11.3 Å². The molecule has 1 aromatic carbocycles. The third-order valence-electron chi connectivity index (χ3n) is 2.18. The van der Waals surface area contributed by atoms with Crippen LogP contribution < -0.4 is 0 Å². The van der Waals surface area contributed by atoms with Gasteiger partial charge < -0.3 is 5.11 Å². The van der Waals surface area contributed by atoms with Crippen LogP contribution in [0.25, 0.3) is 0 Å². The average molecular weight is 239 g/mol. The summed E-state index contributed by atoms with van der Waals surface area (Å²) in [5.74, 6) is -1.28. The molecule has 0 radical (unpaired) electrons. The molecule has 0 unspecified atom stereocenters. The minimum absolute atomic E-state index is 0.144. The van der Waals surface area contributed by atoms with Crippen molar-refractivity contribution in [1.29, 1.82) is 5.26 Å². The van der Waals surface area contributed by atoms with Crippen molar-refractivity contribution in [2.45, 2.75) is 12.8 Å². The first-order valence-corrected chi connectivity index (χ1v) is 4.52. The largest absolute Gasteiger partial charge is 0.481 e. The molecule has 0 fully saturated rings. The maximum Gasteiger partial charge on any atom is 0.307 e. The summed E-state index contributed by atoms with van der Waals surface area (Å²) in [7, 11) is 0. The number of aldehydes is 1. The molecule has 0 aliphatic rings. The van der Waals surface area contributed by atoms with Crippen molar-refractivity contribution in [3.05, 3.63) is 34.4 Å². The van der Waals surface area contributed by atoms with Crippen LogP contribution >= 0.6 is 0 Å². The van der Waals surface area contributed by atoms with Crippen LogP contribution in [0.2, 0.25) is 0 Å². The Morgan fingerprint density at radius 2 is 2.18 bits per heavy atom. The fourth-order valence-electron chi connectivity index (χ4n) is 1.48. The summed E-state index contributed by atoms with van der Waals surface area (Å²) in [6.45, 7) is 0. The fourth-order valence-corrected chi connectivity index (χ4v) is 1.48. The highest BCUT2D eigenvalue weighted by Crippen LogP contribution is 2.28. The number of hydrogen-bond acceptors (Lipinski definition) is 3. The topological polar surface area (TPSA) is 78.2 Å². The van der Waals surface area contributed by atoms with E-state index in [2.05, 4.69) is 0 Å². The van der Waals surface area contributed by atoms with E-state index >= 15 is 0 Å². The van der Waals surface area contributed by atoms with Crippen molar-refractivity contribution in [1.82, 2.24) is 0 Å². The van der Waals surface area contributed by atoms with Gasteiger partial charge in [-0.2, -0.15) is 5.26 Å². The van der Waals surface area contributed by atoms with Crippen molar-refractivity contribution in [2.75, 3.05) is 0 Å². The summed E-state index contributed by atoms with van der Waals surface area (Å²) >= 11 is 0. The van der Waals surface area contributed by atoms with E-state index in [-0.39, 0.29) is 17.4 Å². The van der Waals surface area contributed by atoms with Gasteiger partial charge >= 0.3 is 5.97 Å². The highest BCUT2D eigenvalue weighted by atomic mass is 19.3. The highest BCUT2D eigenvalue weighted by Gasteiger charge is 2.21. The van der Waals surface area contributed by atoms with Crippen LogP contribution in [0.15, 0.2) is 12.1 Å². The summed E-state index contributed by atoms with van der Waals surface area (Å²) in [6, 6.07) is 3.90. The van der Waals surface area contributed by atoms with Crippen molar-refractivity contribution >= 4 is 12.3 Å². The average Bonchev–Trinajstić information content (AvgIpc) is 2.26. The molecule has 0 aromatic heterocycles. The Balaban J connectivity index is 3.48. The second-order valence-electron chi connectivity index (χ2n) is 3.20. The van der Waals surface area contributed by atoms with Gasteiger partial charge in [0.15, 0.2) is 6.29 Å². The minimum Gasteiger partial charge on any atom is -0.481 e. The number of hydrogen-bond donors (Lipinski definition) is 1. The summed E-state index contributed by atoms with van der Waals surface area (Å²) < 4.78 is 25.6. The molecule has 0 atom stereocenters. The van der Waals surface area contributed by atoms with E-state index < -0.39 is 29.9 Å². The van der Waals surface area contributed by atoms with Gasteiger partial charge in [0.25, 0.3) is 6.43 Å². The SMILES string of the molecule is N#Cc1ccc(CC(=O)O)c(C(F)F)c1C=O. The summed E-state index contributed by atoms with van der Waals surface area (Å²) in [6.07, 6.45) is -3.48. The first-order chi connectivity index (χ1) is 8.01. The molecule has 17 heavy (non-hydrogen) atoms. The lowest BCUT2D eigenvalue weighted by Gasteiger charge is -2.10. The maximum atomic E-state index is 12.8. The van der Waals surface area contributed by atoms with Gasteiger partial charge in [-0.15, -0.1) is 0 Å². The predicted octanol–water partition coefficient (Wildman–Crippen LogP) is 1.94. The molecule has 1 N–H and O–H groups in total. The molecule has 0 aliphatic carbocycles. The van der Waals surface area contributed by atoms with E-state index in [0.29, 0.717) is 0 Å². The van der Waals surface area contributed by atoms with E-state index in [0.717, 1.165) is 12.1 Å². The van der Waals surface area contributed by atoms with Crippen LogP contribution in [0.4, 0.5) is 8.78 Å². The smallest absolute Gasteiger partial charge is 0.307 e. The molecule has 0 spiro atoms. The molecule has 0 saturated heterocycles. The number of carbonyl (C=O) groups excluding carboxylic acids is 1. The van der Waals surface area contributed by atoms with E-state index in [1.807, 2.05) is 0 Å². The van der Waals surface area contributed by atoms with Crippen LogP contribution in [0.5, 0.6) is 0 Å². The van der Waals surface area contributed by atoms with Gasteiger partial charge in [0.1, 0.15) is 0 Å². The van der Waals surface area contributed by atoms with Gasteiger partial charge in [-0.1, -0.05) is 6.07 Å². The van der Waals surface area contributed by atoms with E-state index in [9.17, 15) is 18.4 Å². The van der Waals surface area contributed by atoms with Gasteiger partial charge in [-0.05, 0) is 11.6 Å². The third kappa shape index (κ3) is 2.64. The van der Waals surface area contributed by atoms with Crippen molar-refractivity contribution in [2.24, 2.45) is 0 Å². The van der Waals surface area contributed by atoms with Gasteiger partial charge in [-0.3, -0.25) is 9.59 Å². The second kappa shape index (κ2) is 5.16. The summed E-state index contributed by atoms with van der Waals surface area (Å²) in [5, 5.41) is 17.2. The Hall–Kier alpha value is -2.29. The molecule has 0 bridgehead atoms. The first-order valence-electron chi connectivity index (χ1n) is 4.52. The molecule has 4 nitrogen and oxygen atoms in total. The third-order valence-corrected chi connectivity index (χ3v) is 2.18. The minimum atomic E-state index is -3.00. The molecule has 0 amide bonds. The Morgan fingerprint density at radius 1 is 1.53 bits per heavy atom. The standard InChI is InChI=1S/C11H7F2NO3/c12-11(13)10-6(3-9(16)17)1-2-7(4-14)8(10)5-15/h1-2,5,11H,3H2,(H,16,17). The van der Waals surface area contributed by atoms with Crippen LogP contribution in [0.3, 0.4) is 0 Å². The summed E-state index contributed by atoms with van der Waals surface area (Å²) in [4.78, 5) is 21.2. The summed E-state index contributed by atoms with van der Waals surface area (Å²) in [5.41, 5.74) is -1.47. The van der Waals surface area contributed by atoms with Gasteiger partial charge in [0.2, 0.25) is 0 Å². The van der Waals surface area contributed by atoms with Crippen molar-refractivity contribution in [3.8, 4) is 6.07 Å². The molecule has 1 rings (SSSR count). The van der Waals surface area contributed by atoms with Gasteiger partial charge in [-0.25, -0.2) is 8.78 Å². The number of benzene rings is 1. The number of carboxylic acids is 1. The molecule has 6 heteroatoms. The number of carbonyl (C=O) groups is 2. The Bertz CT molecular complexity index is 506. The lowest BCUT2D eigenvalue weighted by atomic mass is 9.95. The number of nitriles is 1. The second-order valence-corrected chi connectivity index (χ2v) is 3.20. The lowest BCUT2D eigenvalue weighted by Crippen LogP contribution is -2.08. The molecule has 1 aromatic rings. The van der Waals surface area contributed by atoms with E-state index in [1.165, 1.54) is 0 Å². The van der Waals surface area contributed by atoms with E-state index in [1.54, 1.807) is 6.07 Å². The zero-order chi connectivity index (χ0) is 13.0. The van der Waals surface area contributed by atoms with Crippen molar-refractivity contribution in [3.63, 3.8) is 0 Å². The maximum absolute atomic E-state index is 12.8. The fraction of sp³-hybridized carbons (Fsp3) is 0.182. The van der Waals surface area contributed by atoms with E-state index in [4.69, 9.17) is 10.4 Å². The van der Waals surface area contributed by atoms with Gasteiger partial charge in [0.05, 0.1) is 18.1 Å². The molecule has 0 aliphatic heterocycles. The van der Waals surface area contributed by atoms with Crippen LogP contribution in [-0.4, -0.2) is 17.4 Å². The number of alkyl halides is 2. The highest BCUT2D eigenvalue weighted by molar-refractivity contribution is 5.83. The number of rotatable bonds is 4. The number of aliphatic carboxylic acids is 1. The Labute approximate surface area is 95.1 Å². The number of carboxylic acid groups (broad SMARTS) is 1. The lowest BCUT2D eigenvalue weighted by molar-refractivity contribution is -0.136. The van der Waals surface area contributed by atoms with Crippen LogP contribution in [0.1, 0.15) is 33.5 Å². The predicted molar refractivity (Wildman–Crippen MR) is 52.8 cm³/mol. The molecule has 0 saturated carbocycles. The zero-order valence-corrected chi connectivity index (χ0v) is 8.48. The Kier molecular flexibility index (Phi) is 3.88. The quantitative estimate of drug-likeness (QED) is 0.814.